The summed E-state index contributed by atoms with van der Waals surface area (Å²) in [5.74, 6) is 3.03. The lowest BCUT2D eigenvalue weighted by molar-refractivity contribution is 0.148. The molecule has 0 N–H and O–H groups in total. The van der Waals surface area contributed by atoms with Gasteiger partial charge in [-0.25, -0.2) is 0 Å². The Morgan fingerprint density at radius 2 is 1.78 bits per heavy atom. The van der Waals surface area contributed by atoms with E-state index >= 15 is 0 Å². The van der Waals surface area contributed by atoms with Crippen LogP contribution in [0.15, 0.2) is 48.5 Å². The molecule has 0 spiro atoms. The summed E-state index contributed by atoms with van der Waals surface area (Å²) in [6, 6.07) is 16.0. The first kappa shape index (κ1) is 15.9. The lowest BCUT2D eigenvalue weighted by Crippen LogP contribution is -2.34. The molecule has 0 amide bonds. The lowest BCUT2D eigenvalue weighted by atomic mass is 10.00. The molecular formula is C20H25NO2. The molecule has 23 heavy (non-hydrogen) atoms. The first-order valence-corrected chi connectivity index (χ1v) is 8.35. The zero-order chi connectivity index (χ0) is 16.1. The predicted octanol–water partition coefficient (Wildman–Crippen LogP) is 4.51. The van der Waals surface area contributed by atoms with Gasteiger partial charge in [0.15, 0.2) is 11.5 Å². The van der Waals surface area contributed by atoms with Crippen LogP contribution in [-0.4, -0.2) is 31.6 Å². The molecule has 0 bridgehead atoms. The van der Waals surface area contributed by atoms with Gasteiger partial charge in [-0.2, -0.15) is 0 Å². The Bertz CT molecular complexity index is 624. The van der Waals surface area contributed by atoms with E-state index in [2.05, 4.69) is 31.0 Å². The number of hydrogen-bond acceptors (Lipinski definition) is 3. The Balaban J connectivity index is 1.64. The summed E-state index contributed by atoms with van der Waals surface area (Å²) in [6.07, 6.45) is 2.50. The van der Waals surface area contributed by atoms with Gasteiger partial charge in [-0.05, 0) is 57.6 Å². The van der Waals surface area contributed by atoms with Gasteiger partial charge in [-0.3, -0.25) is 0 Å². The molecule has 0 aliphatic carbocycles. The maximum atomic E-state index is 6.07. The fraction of sp³-hybridized carbons (Fsp3) is 0.400. The van der Waals surface area contributed by atoms with Crippen LogP contribution in [0.1, 0.15) is 18.4 Å². The van der Waals surface area contributed by atoms with Crippen LogP contribution in [0.3, 0.4) is 0 Å². The van der Waals surface area contributed by atoms with Crippen molar-refractivity contribution < 1.29 is 9.47 Å². The van der Waals surface area contributed by atoms with Crippen molar-refractivity contribution in [2.75, 3.05) is 26.7 Å². The van der Waals surface area contributed by atoms with E-state index in [0.717, 1.165) is 30.4 Å². The zero-order valence-corrected chi connectivity index (χ0v) is 14.0. The van der Waals surface area contributed by atoms with Crippen molar-refractivity contribution in [3.8, 4) is 17.2 Å². The van der Waals surface area contributed by atoms with Crippen molar-refractivity contribution in [3.05, 3.63) is 54.1 Å². The van der Waals surface area contributed by atoms with Gasteiger partial charge in [0.1, 0.15) is 5.75 Å². The van der Waals surface area contributed by atoms with E-state index < -0.39 is 0 Å². The molecule has 1 atom stereocenters. The Kier molecular flexibility index (Phi) is 5.19. The predicted molar refractivity (Wildman–Crippen MR) is 93.4 cm³/mol. The van der Waals surface area contributed by atoms with Gasteiger partial charge in [0.2, 0.25) is 0 Å². The van der Waals surface area contributed by atoms with Crippen molar-refractivity contribution in [1.29, 1.82) is 0 Å². The standard InChI is InChI=1S/C20H25NO2/c1-16-9-11-18(12-10-16)23-20-8-4-3-7-19(20)22-15-17-6-5-13-21(2)14-17/h3-4,7-12,17H,5-6,13-15H2,1-2H3/t17-/m1/s1. The van der Waals surface area contributed by atoms with E-state index in [4.69, 9.17) is 9.47 Å². The van der Waals surface area contributed by atoms with Gasteiger partial charge < -0.3 is 14.4 Å². The van der Waals surface area contributed by atoms with Gasteiger partial charge in [0, 0.05) is 12.5 Å². The van der Waals surface area contributed by atoms with Crippen LogP contribution < -0.4 is 9.47 Å². The summed E-state index contributed by atoms with van der Waals surface area (Å²) in [6.45, 7) is 5.13. The smallest absolute Gasteiger partial charge is 0.169 e. The number of benzene rings is 2. The first-order chi connectivity index (χ1) is 11.2. The van der Waals surface area contributed by atoms with Crippen LogP contribution >= 0.6 is 0 Å². The Morgan fingerprint density at radius 3 is 2.52 bits per heavy atom. The third kappa shape index (κ3) is 4.49. The summed E-state index contributed by atoms with van der Waals surface area (Å²) >= 11 is 0. The van der Waals surface area contributed by atoms with Gasteiger partial charge in [0.25, 0.3) is 0 Å². The molecule has 1 fully saturated rings. The molecule has 2 aromatic carbocycles. The number of aryl methyl sites for hydroxylation is 1. The third-order valence-electron chi connectivity index (χ3n) is 4.29. The number of likely N-dealkylation sites (tertiary alicyclic amines) is 1. The highest BCUT2D eigenvalue weighted by atomic mass is 16.5. The molecule has 1 heterocycles. The normalized spacial score (nSPS) is 18.6. The average Bonchev–Trinajstić information content (AvgIpc) is 2.56. The summed E-state index contributed by atoms with van der Waals surface area (Å²) < 4.78 is 12.1. The molecule has 3 heteroatoms. The zero-order valence-electron chi connectivity index (χ0n) is 14.0. The molecule has 1 aliphatic rings. The second-order valence-electron chi connectivity index (χ2n) is 6.44. The third-order valence-corrected chi connectivity index (χ3v) is 4.29. The summed E-state index contributed by atoms with van der Waals surface area (Å²) in [4.78, 5) is 2.38. The molecule has 0 aromatic heterocycles. The monoisotopic (exact) mass is 311 g/mol. The molecule has 0 saturated carbocycles. The molecule has 1 saturated heterocycles. The Morgan fingerprint density at radius 1 is 1.04 bits per heavy atom. The number of nitrogens with zero attached hydrogens (tertiary/aromatic N) is 1. The lowest BCUT2D eigenvalue weighted by Gasteiger charge is -2.29. The van der Waals surface area contributed by atoms with E-state index in [1.165, 1.54) is 24.9 Å². The fourth-order valence-electron chi connectivity index (χ4n) is 3.00. The number of para-hydroxylation sites is 2. The van der Waals surface area contributed by atoms with Crippen molar-refractivity contribution in [1.82, 2.24) is 4.90 Å². The molecule has 3 rings (SSSR count). The van der Waals surface area contributed by atoms with Crippen molar-refractivity contribution in [2.24, 2.45) is 5.92 Å². The van der Waals surface area contributed by atoms with Gasteiger partial charge in [0.05, 0.1) is 6.61 Å². The number of hydrogen-bond donors (Lipinski definition) is 0. The molecular weight excluding hydrogens is 286 g/mol. The van der Waals surface area contributed by atoms with E-state index in [1.54, 1.807) is 0 Å². The van der Waals surface area contributed by atoms with Crippen LogP contribution in [0.4, 0.5) is 0 Å². The van der Waals surface area contributed by atoms with Crippen molar-refractivity contribution in [3.63, 3.8) is 0 Å². The molecule has 0 radical (unpaired) electrons. The highest BCUT2D eigenvalue weighted by Gasteiger charge is 2.18. The van der Waals surface area contributed by atoms with E-state index in [0.29, 0.717) is 5.92 Å². The van der Waals surface area contributed by atoms with E-state index in [9.17, 15) is 0 Å². The second kappa shape index (κ2) is 7.51. The van der Waals surface area contributed by atoms with Gasteiger partial charge in [-0.15, -0.1) is 0 Å². The van der Waals surface area contributed by atoms with Gasteiger partial charge >= 0.3 is 0 Å². The number of rotatable bonds is 5. The number of ether oxygens (including phenoxy) is 2. The number of piperidine rings is 1. The minimum Gasteiger partial charge on any atom is -0.489 e. The van der Waals surface area contributed by atoms with Crippen LogP contribution in [0.2, 0.25) is 0 Å². The molecule has 0 unspecified atom stereocenters. The van der Waals surface area contributed by atoms with E-state index in [1.807, 2.05) is 36.4 Å². The largest absolute Gasteiger partial charge is 0.489 e. The maximum Gasteiger partial charge on any atom is 0.169 e. The molecule has 2 aromatic rings. The van der Waals surface area contributed by atoms with Crippen LogP contribution in [0, 0.1) is 12.8 Å². The molecule has 1 aliphatic heterocycles. The SMILES string of the molecule is Cc1ccc(Oc2ccccc2OC[C@@H]2CCCN(C)C2)cc1. The van der Waals surface area contributed by atoms with Crippen LogP contribution in [-0.2, 0) is 0 Å². The summed E-state index contributed by atoms with van der Waals surface area (Å²) in [7, 11) is 2.18. The van der Waals surface area contributed by atoms with Crippen molar-refractivity contribution in [2.45, 2.75) is 19.8 Å². The highest BCUT2D eigenvalue weighted by Crippen LogP contribution is 2.32. The molecule has 122 valence electrons. The van der Waals surface area contributed by atoms with Crippen molar-refractivity contribution >= 4 is 0 Å². The first-order valence-electron chi connectivity index (χ1n) is 8.35. The average molecular weight is 311 g/mol. The summed E-state index contributed by atoms with van der Waals surface area (Å²) in [5.41, 5.74) is 1.23. The Labute approximate surface area is 138 Å². The fourth-order valence-corrected chi connectivity index (χ4v) is 3.00. The summed E-state index contributed by atoms with van der Waals surface area (Å²) in [5, 5.41) is 0. The van der Waals surface area contributed by atoms with Crippen LogP contribution in [0.5, 0.6) is 17.2 Å². The quantitative estimate of drug-likeness (QED) is 0.811. The highest BCUT2D eigenvalue weighted by molar-refractivity contribution is 5.43. The van der Waals surface area contributed by atoms with Gasteiger partial charge in [-0.1, -0.05) is 29.8 Å². The van der Waals surface area contributed by atoms with E-state index in [-0.39, 0.29) is 0 Å². The minimum atomic E-state index is 0.598. The van der Waals surface area contributed by atoms with Crippen LogP contribution in [0.25, 0.3) is 0 Å². The minimum absolute atomic E-state index is 0.598. The maximum absolute atomic E-state index is 6.07. The topological polar surface area (TPSA) is 21.7 Å². The second-order valence-corrected chi connectivity index (χ2v) is 6.44. The Hall–Kier alpha value is -2.00. The molecule has 3 nitrogen and oxygen atoms in total.